The number of hydrogen-bond donors (Lipinski definition) is 0. The van der Waals surface area contributed by atoms with E-state index in [-0.39, 0.29) is 11.4 Å². The molecule has 0 fully saturated rings. The van der Waals surface area contributed by atoms with Crippen molar-refractivity contribution < 1.29 is 39.4 Å². The molecule has 3 nitrogen and oxygen atoms in total. The van der Waals surface area contributed by atoms with Crippen LogP contribution < -0.4 is 0 Å². The summed E-state index contributed by atoms with van der Waals surface area (Å²) in [6, 6.07) is 0. The zero-order valence-electron chi connectivity index (χ0n) is 14.0. The van der Waals surface area contributed by atoms with Crippen LogP contribution in [0.3, 0.4) is 0 Å². The molecule has 146 valence electrons. The molecule has 0 saturated carbocycles. The Bertz CT molecular complexity index is 307. The number of hydrogen-bond acceptors (Lipinski definition) is 3. The molecule has 0 spiro atoms. The first-order valence-electron chi connectivity index (χ1n) is 7.23. The van der Waals surface area contributed by atoms with E-state index in [1.54, 1.807) is 7.11 Å². The average Bonchev–Trinajstić information content (AvgIpc) is 2.38. The van der Waals surface area contributed by atoms with Gasteiger partial charge >= 0.3 is 33.0 Å². The fraction of sp³-hybridized carbons (Fsp3) is 1.00. The molecule has 11 heteroatoms. The standard InChI is InChI=1S/C12H27O3P.F6P/c1-5-11(10-14-9-8-13-4)15-12(16,6-2)7-3;1-7(2,3,4,5)6/h11H,5-10,16H2,1-4H3;/q;-1/p+1. The topological polar surface area (TPSA) is 27.7 Å². The van der Waals surface area contributed by atoms with Crippen LogP contribution in [0, 0.1) is 0 Å². The van der Waals surface area contributed by atoms with Crippen LogP contribution in [0.5, 0.6) is 0 Å². The molecule has 0 aromatic heterocycles. The van der Waals surface area contributed by atoms with Gasteiger partial charge in [-0.25, -0.2) is 0 Å². The molecular weight excluding hydrogens is 368 g/mol. The Labute approximate surface area is 135 Å². The van der Waals surface area contributed by atoms with Gasteiger partial charge in [-0.05, 0) is 6.42 Å². The summed E-state index contributed by atoms with van der Waals surface area (Å²) in [7, 11) is -7.02. The van der Waals surface area contributed by atoms with Gasteiger partial charge in [-0.3, -0.25) is 0 Å². The molecule has 0 N–H and O–H groups in total. The van der Waals surface area contributed by atoms with Crippen molar-refractivity contribution in [2.45, 2.75) is 51.5 Å². The zero-order valence-corrected chi connectivity index (χ0v) is 16.3. The summed E-state index contributed by atoms with van der Waals surface area (Å²) >= 11 is 0. The minimum atomic E-state index is -10.7. The van der Waals surface area contributed by atoms with E-state index in [4.69, 9.17) is 14.2 Å². The Morgan fingerprint density at radius 1 is 0.957 bits per heavy atom. The van der Waals surface area contributed by atoms with Crippen LogP contribution in [0.1, 0.15) is 40.0 Å². The van der Waals surface area contributed by atoms with E-state index in [2.05, 4.69) is 20.8 Å². The normalized spacial score (nSPS) is 17.0. The molecule has 0 bridgehead atoms. The maximum atomic E-state index is 9.87. The van der Waals surface area contributed by atoms with E-state index >= 15 is 0 Å². The quantitative estimate of drug-likeness (QED) is 0.259. The van der Waals surface area contributed by atoms with Gasteiger partial charge in [0, 0.05) is 29.2 Å². The van der Waals surface area contributed by atoms with E-state index in [1.165, 1.54) is 0 Å². The van der Waals surface area contributed by atoms with Crippen LogP contribution in [0.25, 0.3) is 0 Å². The van der Waals surface area contributed by atoms with E-state index in [9.17, 15) is 25.2 Å². The van der Waals surface area contributed by atoms with E-state index in [1.807, 2.05) is 9.24 Å². The molecule has 2 atom stereocenters. The predicted molar refractivity (Wildman–Crippen MR) is 85.8 cm³/mol. The van der Waals surface area contributed by atoms with Gasteiger partial charge < -0.3 is 14.2 Å². The van der Waals surface area contributed by atoms with Crippen LogP contribution >= 0.6 is 17.0 Å². The first kappa shape index (κ1) is 25.6. The Hall–Kier alpha value is 0.320. The van der Waals surface area contributed by atoms with Crippen LogP contribution in [-0.2, 0) is 14.2 Å². The van der Waals surface area contributed by atoms with Gasteiger partial charge in [0.1, 0.15) is 0 Å². The number of ether oxygens (including phenoxy) is 3. The van der Waals surface area contributed by atoms with Crippen LogP contribution in [0.4, 0.5) is 25.2 Å². The third-order valence-corrected chi connectivity index (χ3v) is 4.06. The molecule has 0 aromatic rings. The first-order chi connectivity index (χ1) is 10.1. The molecule has 2 unspecified atom stereocenters. The molecule has 0 aliphatic carbocycles. The van der Waals surface area contributed by atoms with Crippen molar-refractivity contribution >= 4 is 17.0 Å². The second kappa shape index (κ2) is 9.14. The van der Waals surface area contributed by atoms with Crippen molar-refractivity contribution in [2.75, 3.05) is 26.9 Å². The van der Waals surface area contributed by atoms with Crippen molar-refractivity contribution in [3.63, 3.8) is 0 Å². The SMILES string of the molecule is CCC(COCCOC)OC([PH3+])(CC)CC.F[P-](F)(F)(F)(F)F. The van der Waals surface area contributed by atoms with Gasteiger partial charge in [-0.2, -0.15) is 0 Å². The number of rotatable bonds is 10. The van der Waals surface area contributed by atoms with E-state index in [0.29, 0.717) is 19.8 Å². The molecule has 0 aliphatic heterocycles. The Balaban J connectivity index is 0. The molecule has 0 heterocycles. The van der Waals surface area contributed by atoms with E-state index in [0.717, 1.165) is 19.3 Å². The molecular formula is C12H28F6O3P2. The van der Waals surface area contributed by atoms with Crippen molar-refractivity contribution in [1.82, 2.24) is 0 Å². The van der Waals surface area contributed by atoms with Crippen LogP contribution in [0.2, 0.25) is 0 Å². The molecule has 23 heavy (non-hydrogen) atoms. The molecule has 0 aliphatic rings. The second-order valence-electron chi connectivity index (χ2n) is 5.06. The Kier molecular flexibility index (Phi) is 10.2. The minimum absolute atomic E-state index is 0.0191. The first-order valence-corrected chi connectivity index (χ1v) is 9.96. The molecule has 0 rings (SSSR count). The predicted octanol–water partition coefficient (Wildman–Crippen LogP) is 5.95. The fourth-order valence-corrected chi connectivity index (χ4v) is 1.60. The van der Waals surface area contributed by atoms with Gasteiger partial charge in [-0.1, -0.05) is 20.8 Å². The van der Waals surface area contributed by atoms with Gasteiger partial charge in [0.25, 0.3) is 0 Å². The van der Waals surface area contributed by atoms with Crippen molar-refractivity contribution in [3.8, 4) is 0 Å². The van der Waals surface area contributed by atoms with Gasteiger partial charge in [-0.15, -0.1) is 0 Å². The Morgan fingerprint density at radius 3 is 1.70 bits per heavy atom. The average molecular weight is 396 g/mol. The summed E-state index contributed by atoms with van der Waals surface area (Å²) in [5, 5.41) is 0.0191. The van der Waals surface area contributed by atoms with Gasteiger partial charge in [0.2, 0.25) is 0 Å². The summed E-state index contributed by atoms with van der Waals surface area (Å²) in [6.45, 7) is 8.45. The third kappa shape index (κ3) is 24.7. The Morgan fingerprint density at radius 2 is 1.39 bits per heavy atom. The van der Waals surface area contributed by atoms with Gasteiger partial charge in [0.05, 0.1) is 25.9 Å². The summed E-state index contributed by atoms with van der Waals surface area (Å²) in [4.78, 5) is 0. The number of halogens is 6. The zero-order chi connectivity index (χ0) is 18.8. The van der Waals surface area contributed by atoms with Crippen molar-refractivity contribution in [1.29, 1.82) is 0 Å². The van der Waals surface area contributed by atoms with Crippen molar-refractivity contribution in [2.24, 2.45) is 0 Å². The molecule has 0 saturated heterocycles. The fourth-order valence-electron chi connectivity index (χ4n) is 1.36. The van der Waals surface area contributed by atoms with Crippen LogP contribution in [0.15, 0.2) is 0 Å². The summed E-state index contributed by atoms with van der Waals surface area (Å²) < 4.78 is 75.8. The van der Waals surface area contributed by atoms with Crippen LogP contribution in [-0.4, -0.2) is 38.4 Å². The molecule has 0 amide bonds. The maximum absolute atomic E-state index is 10.7. The van der Waals surface area contributed by atoms with Crippen molar-refractivity contribution in [3.05, 3.63) is 0 Å². The molecule has 0 radical (unpaired) electrons. The third-order valence-electron chi connectivity index (χ3n) is 2.90. The summed E-state index contributed by atoms with van der Waals surface area (Å²) in [5.41, 5.74) is 0. The summed E-state index contributed by atoms with van der Waals surface area (Å²) in [5.74, 6) is 0. The van der Waals surface area contributed by atoms with E-state index < -0.39 is 7.81 Å². The van der Waals surface area contributed by atoms with Gasteiger partial charge in [0.15, 0.2) is 5.34 Å². The monoisotopic (exact) mass is 396 g/mol. The molecule has 0 aromatic carbocycles. The number of methoxy groups -OCH3 is 1. The summed E-state index contributed by atoms with van der Waals surface area (Å²) in [6.07, 6.45) is 3.30. The second-order valence-corrected chi connectivity index (χ2v) is 8.27.